The molecule has 0 unspecified atom stereocenters. The van der Waals surface area contributed by atoms with Crippen molar-refractivity contribution in [3.63, 3.8) is 0 Å². The Morgan fingerprint density at radius 1 is 1.29 bits per heavy atom. The number of hydrogen-bond donors (Lipinski definition) is 0. The molecule has 0 spiro atoms. The molecule has 0 heterocycles. The molecule has 0 rings (SSSR count). The SMILES string of the molecule is C#CC(C#C)(C#C)OCC(=O)OCC. The number of rotatable bonds is 4. The highest BCUT2D eigenvalue weighted by atomic mass is 16.6. The van der Waals surface area contributed by atoms with Gasteiger partial charge in [-0.25, -0.2) is 4.79 Å². The van der Waals surface area contributed by atoms with Crippen LogP contribution in [0.5, 0.6) is 0 Å². The van der Waals surface area contributed by atoms with Gasteiger partial charge in [0.05, 0.1) is 6.61 Å². The third kappa shape index (κ3) is 3.23. The summed E-state index contributed by atoms with van der Waals surface area (Å²) in [5.41, 5.74) is -1.56. The molecule has 0 saturated carbocycles. The van der Waals surface area contributed by atoms with E-state index in [0.717, 1.165) is 0 Å². The van der Waals surface area contributed by atoms with Gasteiger partial charge in [-0.15, -0.1) is 19.3 Å². The summed E-state index contributed by atoms with van der Waals surface area (Å²) >= 11 is 0. The van der Waals surface area contributed by atoms with Crippen molar-refractivity contribution in [1.82, 2.24) is 0 Å². The molecule has 0 bridgehead atoms. The summed E-state index contributed by atoms with van der Waals surface area (Å²) in [5.74, 6) is 5.77. The Balaban J connectivity index is 4.26. The second kappa shape index (κ2) is 5.70. The summed E-state index contributed by atoms with van der Waals surface area (Å²) in [6.45, 7) is 1.58. The van der Waals surface area contributed by atoms with Gasteiger partial charge in [-0.05, 0) is 24.7 Å². The van der Waals surface area contributed by atoms with E-state index in [0.29, 0.717) is 0 Å². The van der Waals surface area contributed by atoms with Crippen molar-refractivity contribution in [2.75, 3.05) is 13.2 Å². The predicted octanol–water partition coefficient (Wildman–Crippen LogP) is 0.204. The number of carbonyl (C=O) groups is 1. The van der Waals surface area contributed by atoms with Crippen molar-refractivity contribution in [2.45, 2.75) is 12.5 Å². The van der Waals surface area contributed by atoms with E-state index in [9.17, 15) is 4.79 Å². The molecule has 0 aromatic rings. The third-order valence-corrected chi connectivity index (χ3v) is 1.32. The van der Waals surface area contributed by atoms with Crippen LogP contribution >= 0.6 is 0 Å². The fraction of sp³-hybridized carbons (Fsp3) is 0.364. The van der Waals surface area contributed by atoms with Crippen molar-refractivity contribution >= 4 is 5.97 Å². The Labute approximate surface area is 83.8 Å². The molecule has 3 heteroatoms. The molecular formula is C11H10O3. The normalized spacial score (nSPS) is 9.29. The van der Waals surface area contributed by atoms with Crippen LogP contribution in [-0.2, 0) is 14.3 Å². The number of hydrogen-bond acceptors (Lipinski definition) is 3. The Hall–Kier alpha value is -1.89. The smallest absolute Gasteiger partial charge is 0.332 e. The minimum atomic E-state index is -1.56. The second-order valence-electron chi connectivity index (χ2n) is 2.21. The Bertz CT molecular complexity index is 286. The van der Waals surface area contributed by atoms with Gasteiger partial charge in [0.15, 0.2) is 0 Å². The number of carbonyl (C=O) groups excluding carboxylic acids is 1. The topological polar surface area (TPSA) is 35.5 Å². The molecule has 0 radical (unpaired) electrons. The zero-order chi connectivity index (χ0) is 11.0. The first kappa shape index (κ1) is 12.1. The van der Waals surface area contributed by atoms with Crippen LogP contribution < -0.4 is 0 Å². The molecule has 0 aliphatic rings. The summed E-state index contributed by atoms with van der Waals surface area (Å²) in [6, 6.07) is 0. The molecule has 0 atom stereocenters. The third-order valence-electron chi connectivity index (χ3n) is 1.32. The lowest BCUT2D eigenvalue weighted by Crippen LogP contribution is -2.30. The maximum atomic E-state index is 10.9. The van der Waals surface area contributed by atoms with Crippen molar-refractivity contribution in [3.8, 4) is 37.0 Å². The van der Waals surface area contributed by atoms with Crippen molar-refractivity contribution in [2.24, 2.45) is 0 Å². The van der Waals surface area contributed by atoms with Gasteiger partial charge < -0.3 is 9.47 Å². The molecule has 14 heavy (non-hydrogen) atoms. The Morgan fingerprint density at radius 2 is 1.79 bits per heavy atom. The maximum absolute atomic E-state index is 10.9. The lowest BCUT2D eigenvalue weighted by molar-refractivity contribution is -0.149. The summed E-state index contributed by atoms with van der Waals surface area (Å²) in [6.07, 6.45) is 15.2. The molecule has 0 aliphatic carbocycles. The summed E-state index contributed by atoms with van der Waals surface area (Å²) in [7, 11) is 0. The fourth-order valence-electron chi connectivity index (χ4n) is 0.620. The van der Waals surface area contributed by atoms with Crippen LogP contribution in [0.15, 0.2) is 0 Å². The monoisotopic (exact) mass is 190 g/mol. The first-order chi connectivity index (χ1) is 6.64. The highest BCUT2D eigenvalue weighted by Crippen LogP contribution is 2.06. The van der Waals surface area contributed by atoms with Gasteiger partial charge in [-0.2, -0.15) is 0 Å². The zero-order valence-corrected chi connectivity index (χ0v) is 7.87. The molecule has 0 N–H and O–H groups in total. The molecule has 0 fully saturated rings. The van der Waals surface area contributed by atoms with Gasteiger partial charge in [0, 0.05) is 0 Å². The molecule has 0 amide bonds. The molecular weight excluding hydrogens is 180 g/mol. The standard InChI is InChI=1S/C11H10O3/c1-5-11(6-2,7-3)14-9-10(12)13-8-4/h1-3H,8-9H2,4H3. The summed E-state index contributed by atoms with van der Waals surface area (Å²) < 4.78 is 9.51. The van der Waals surface area contributed by atoms with Crippen molar-refractivity contribution in [1.29, 1.82) is 0 Å². The largest absolute Gasteiger partial charge is 0.464 e. The highest BCUT2D eigenvalue weighted by molar-refractivity contribution is 5.71. The lowest BCUT2D eigenvalue weighted by atomic mass is 10.1. The Morgan fingerprint density at radius 3 is 2.14 bits per heavy atom. The van der Waals surface area contributed by atoms with E-state index in [-0.39, 0.29) is 13.2 Å². The van der Waals surface area contributed by atoms with Crippen molar-refractivity contribution in [3.05, 3.63) is 0 Å². The summed E-state index contributed by atoms with van der Waals surface area (Å²) in [5, 5.41) is 0. The average Bonchev–Trinajstić information content (AvgIpc) is 2.21. The molecule has 0 aromatic carbocycles. The molecule has 72 valence electrons. The molecule has 0 aromatic heterocycles. The van der Waals surface area contributed by atoms with Gasteiger partial charge in [0.2, 0.25) is 0 Å². The second-order valence-corrected chi connectivity index (χ2v) is 2.21. The highest BCUT2D eigenvalue weighted by Gasteiger charge is 2.23. The Kier molecular flexibility index (Phi) is 4.93. The van der Waals surface area contributed by atoms with Crippen LogP contribution in [0.4, 0.5) is 0 Å². The maximum Gasteiger partial charge on any atom is 0.332 e. The van der Waals surface area contributed by atoms with Crippen LogP contribution in [0.25, 0.3) is 0 Å². The first-order valence-corrected chi connectivity index (χ1v) is 3.87. The molecule has 0 saturated heterocycles. The lowest BCUT2D eigenvalue weighted by Gasteiger charge is -2.15. The van der Waals surface area contributed by atoms with Crippen LogP contribution in [0.3, 0.4) is 0 Å². The van der Waals surface area contributed by atoms with Gasteiger partial charge in [-0.1, -0.05) is 0 Å². The number of esters is 1. The molecule has 3 nitrogen and oxygen atoms in total. The van der Waals surface area contributed by atoms with E-state index in [1.807, 2.05) is 0 Å². The predicted molar refractivity (Wildman–Crippen MR) is 51.8 cm³/mol. The van der Waals surface area contributed by atoms with E-state index in [4.69, 9.17) is 24.0 Å². The number of terminal acetylenes is 3. The summed E-state index contributed by atoms with van der Waals surface area (Å²) in [4.78, 5) is 10.9. The van der Waals surface area contributed by atoms with E-state index in [1.54, 1.807) is 6.92 Å². The number of ether oxygens (including phenoxy) is 2. The van der Waals surface area contributed by atoms with E-state index in [1.165, 1.54) is 0 Å². The van der Waals surface area contributed by atoms with Gasteiger partial charge >= 0.3 is 5.97 Å². The van der Waals surface area contributed by atoms with E-state index in [2.05, 4.69) is 22.5 Å². The first-order valence-electron chi connectivity index (χ1n) is 3.87. The minimum absolute atomic E-state index is 0.261. The van der Waals surface area contributed by atoms with Crippen LogP contribution in [-0.4, -0.2) is 24.8 Å². The average molecular weight is 190 g/mol. The van der Waals surface area contributed by atoms with Crippen LogP contribution in [0.1, 0.15) is 6.92 Å². The van der Waals surface area contributed by atoms with Crippen LogP contribution in [0.2, 0.25) is 0 Å². The van der Waals surface area contributed by atoms with E-state index >= 15 is 0 Å². The molecule has 0 aliphatic heterocycles. The fourth-order valence-corrected chi connectivity index (χ4v) is 0.620. The van der Waals surface area contributed by atoms with Crippen molar-refractivity contribution < 1.29 is 14.3 Å². The quantitative estimate of drug-likeness (QED) is 0.469. The van der Waals surface area contributed by atoms with Gasteiger partial charge in [0.1, 0.15) is 6.61 Å². The van der Waals surface area contributed by atoms with Gasteiger partial charge in [-0.3, -0.25) is 0 Å². The minimum Gasteiger partial charge on any atom is -0.464 e. The van der Waals surface area contributed by atoms with E-state index < -0.39 is 11.6 Å². The van der Waals surface area contributed by atoms with Crippen LogP contribution in [0, 0.1) is 37.0 Å². The van der Waals surface area contributed by atoms with Gasteiger partial charge in [0.25, 0.3) is 5.60 Å². The zero-order valence-electron chi connectivity index (χ0n) is 7.87.